The Morgan fingerprint density at radius 1 is 0.967 bits per heavy atom. The minimum Gasteiger partial charge on any atom is -0.497 e. The fourth-order valence-corrected chi connectivity index (χ4v) is 3.98. The van der Waals surface area contributed by atoms with E-state index >= 15 is 0 Å². The summed E-state index contributed by atoms with van der Waals surface area (Å²) in [6.07, 6.45) is 3.74. The molecule has 1 aromatic carbocycles. The Morgan fingerprint density at radius 3 is 2.47 bits per heavy atom. The molecule has 1 aromatic heterocycles. The molecule has 2 aromatic rings. The number of anilines is 3. The smallest absolute Gasteiger partial charge is 0.321 e. The first-order valence-electron chi connectivity index (χ1n) is 10.7. The summed E-state index contributed by atoms with van der Waals surface area (Å²) >= 11 is 0. The van der Waals surface area contributed by atoms with Crippen LogP contribution < -0.4 is 19.9 Å². The van der Waals surface area contributed by atoms with E-state index in [9.17, 15) is 4.79 Å². The van der Waals surface area contributed by atoms with Gasteiger partial charge in [-0.3, -0.25) is 0 Å². The lowest BCUT2D eigenvalue weighted by Gasteiger charge is -2.35. The number of carbonyl (C=O) groups is 1. The van der Waals surface area contributed by atoms with Gasteiger partial charge in [0.05, 0.1) is 7.11 Å². The highest BCUT2D eigenvalue weighted by molar-refractivity contribution is 5.89. The van der Waals surface area contributed by atoms with Gasteiger partial charge in [0, 0.05) is 62.8 Å². The Labute approximate surface area is 177 Å². The van der Waals surface area contributed by atoms with E-state index in [4.69, 9.17) is 9.72 Å². The van der Waals surface area contributed by atoms with Gasteiger partial charge in [0.15, 0.2) is 0 Å². The molecule has 0 bridgehead atoms. The highest BCUT2D eigenvalue weighted by atomic mass is 16.5. The van der Waals surface area contributed by atoms with E-state index in [-0.39, 0.29) is 6.03 Å². The van der Waals surface area contributed by atoms with E-state index in [2.05, 4.69) is 26.2 Å². The van der Waals surface area contributed by atoms with Crippen LogP contribution >= 0.6 is 0 Å². The van der Waals surface area contributed by atoms with Gasteiger partial charge in [0.25, 0.3) is 0 Å². The highest BCUT2D eigenvalue weighted by Gasteiger charge is 2.24. The van der Waals surface area contributed by atoms with Gasteiger partial charge in [-0.1, -0.05) is 6.07 Å². The maximum absolute atomic E-state index is 12.6. The first-order valence-corrected chi connectivity index (χ1v) is 10.7. The summed E-state index contributed by atoms with van der Waals surface area (Å²) in [6.45, 7) is 6.85. The fraction of sp³-hybridized carbons (Fsp3) is 0.500. The zero-order valence-electron chi connectivity index (χ0n) is 17.8. The largest absolute Gasteiger partial charge is 0.497 e. The topological polar surface area (TPSA) is 73.8 Å². The summed E-state index contributed by atoms with van der Waals surface area (Å²) < 4.78 is 5.22. The van der Waals surface area contributed by atoms with Crippen LogP contribution in [0.5, 0.6) is 5.75 Å². The molecule has 2 saturated heterocycles. The Hall–Kier alpha value is -3.03. The van der Waals surface area contributed by atoms with Crippen LogP contribution in [0.15, 0.2) is 30.3 Å². The number of benzene rings is 1. The van der Waals surface area contributed by atoms with Gasteiger partial charge >= 0.3 is 6.03 Å². The number of hydrogen-bond acceptors (Lipinski definition) is 6. The second kappa shape index (κ2) is 9.19. The number of aryl methyl sites for hydroxylation is 1. The van der Waals surface area contributed by atoms with E-state index in [1.165, 1.54) is 19.3 Å². The normalized spacial score (nSPS) is 17.1. The molecule has 8 nitrogen and oxygen atoms in total. The molecule has 0 atom stereocenters. The van der Waals surface area contributed by atoms with Crippen molar-refractivity contribution < 1.29 is 9.53 Å². The third-order valence-corrected chi connectivity index (χ3v) is 5.68. The molecule has 2 fully saturated rings. The summed E-state index contributed by atoms with van der Waals surface area (Å²) in [5.74, 6) is 2.51. The van der Waals surface area contributed by atoms with E-state index in [0.29, 0.717) is 26.2 Å². The Balaban J connectivity index is 1.37. The Morgan fingerprint density at radius 2 is 1.73 bits per heavy atom. The fourth-order valence-electron chi connectivity index (χ4n) is 3.98. The average Bonchev–Trinajstić information content (AvgIpc) is 2.79. The second-order valence-corrected chi connectivity index (χ2v) is 7.85. The Bertz CT molecular complexity index is 876. The molecular weight excluding hydrogens is 380 g/mol. The van der Waals surface area contributed by atoms with Crippen LogP contribution in [0, 0.1) is 6.92 Å². The predicted octanol–water partition coefficient (Wildman–Crippen LogP) is 3.14. The summed E-state index contributed by atoms with van der Waals surface area (Å²) in [4.78, 5) is 28.5. The number of nitrogens with zero attached hydrogens (tertiary/aromatic N) is 5. The molecule has 160 valence electrons. The number of rotatable bonds is 4. The maximum atomic E-state index is 12.6. The molecule has 0 saturated carbocycles. The summed E-state index contributed by atoms with van der Waals surface area (Å²) in [6, 6.07) is 9.38. The first-order chi connectivity index (χ1) is 14.6. The van der Waals surface area contributed by atoms with Gasteiger partial charge in [0.1, 0.15) is 11.6 Å². The number of methoxy groups -OCH3 is 1. The van der Waals surface area contributed by atoms with E-state index in [0.717, 1.165) is 42.0 Å². The number of amides is 2. The van der Waals surface area contributed by atoms with Crippen LogP contribution in [-0.4, -0.2) is 67.3 Å². The third-order valence-electron chi connectivity index (χ3n) is 5.68. The number of urea groups is 1. The third kappa shape index (κ3) is 4.75. The van der Waals surface area contributed by atoms with Crippen molar-refractivity contribution >= 4 is 23.5 Å². The minimum absolute atomic E-state index is 0.0953. The van der Waals surface area contributed by atoms with Crippen molar-refractivity contribution in [3.05, 3.63) is 36.0 Å². The molecule has 2 amide bonds. The predicted molar refractivity (Wildman–Crippen MR) is 119 cm³/mol. The van der Waals surface area contributed by atoms with Crippen LogP contribution in [0.25, 0.3) is 0 Å². The molecule has 30 heavy (non-hydrogen) atoms. The molecular formula is C22H30N6O2. The second-order valence-electron chi connectivity index (χ2n) is 7.85. The maximum Gasteiger partial charge on any atom is 0.321 e. The molecule has 0 aliphatic carbocycles. The zero-order chi connectivity index (χ0) is 20.9. The molecule has 3 heterocycles. The van der Waals surface area contributed by atoms with Crippen molar-refractivity contribution in [2.45, 2.75) is 26.2 Å². The SMILES string of the molecule is COc1cccc(NC(=O)N2CCN(c3nc(C)cc(N4CCCCC4)n3)CC2)c1. The molecule has 1 N–H and O–H groups in total. The summed E-state index contributed by atoms with van der Waals surface area (Å²) in [5.41, 5.74) is 1.72. The highest BCUT2D eigenvalue weighted by Crippen LogP contribution is 2.22. The number of ether oxygens (including phenoxy) is 1. The zero-order valence-corrected chi connectivity index (χ0v) is 17.8. The number of hydrogen-bond donors (Lipinski definition) is 1. The van der Waals surface area contributed by atoms with E-state index in [1.54, 1.807) is 7.11 Å². The lowest BCUT2D eigenvalue weighted by Crippen LogP contribution is -2.50. The van der Waals surface area contributed by atoms with E-state index in [1.807, 2.05) is 36.1 Å². The van der Waals surface area contributed by atoms with Crippen LogP contribution in [0.4, 0.5) is 22.2 Å². The number of piperazine rings is 1. The van der Waals surface area contributed by atoms with Crippen LogP contribution in [0.2, 0.25) is 0 Å². The van der Waals surface area contributed by atoms with Crippen molar-refractivity contribution in [3.8, 4) is 5.75 Å². The number of nitrogens with one attached hydrogen (secondary N) is 1. The molecule has 8 heteroatoms. The van der Waals surface area contributed by atoms with Crippen molar-refractivity contribution in [1.29, 1.82) is 0 Å². The van der Waals surface area contributed by atoms with Gasteiger partial charge in [-0.15, -0.1) is 0 Å². The monoisotopic (exact) mass is 410 g/mol. The lowest BCUT2D eigenvalue weighted by atomic mass is 10.1. The standard InChI is InChI=1S/C22H30N6O2/c1-17-15-20(26-9-4-3-5-10-26)25-21(23-17)27-11-13-28(14-12-27)22(29)24-18-7-6-8-19(16-18)30-2/h6-8,15-16H,3-5,9-14H2,1-2H3,(H,24,29). The summed E-state index contributed by atoms with van der Waals surface area (Å²) in [5, 5.41) is 2.95. The molecule has 4 rings (SSSR count). The molecule has 2 aliphatic heterocycles. The van der Waals surface area contributed by atoms with Gasteiger partial charge in [-0.05, 0) is 38.3 Å². The summed E-state index contributed by atoms with van der Waals surface area (Å²) in [7, 11) is 1.62. The molecule has 0 radical (unpaired) electrons. The van der Waals surface area contributed by atoms with E-state index < -0.39 is 0 Å². The van der Waals surface area contributed by atoms with Crippen molar-refractivity contribution in [2.75, 3.05) is 61.5 Å². The van der Waals surface area contributed by atoms with Gasteiger partial charge in [0.2, 0.25) is 5.95 Å². The quantitative estimate of drug-likeness (QED) is 0.835. The van der Waals surface area contributed by atoms with Crippen molar-refractivity contribution in [3.63, 3.8) is 0 Å². The van der Waals surface area contributed by atoms with Crippen molar-refractivity contribution in [2.24, 2.45) is 0 Å². The Kier molecular flexibility index (Phi) is 6.21. The number of aromatic nitrogens is 2. The van der Waals surface area contributed by atoms with Crippen LogP contribution in [0.3, 0.4) is 0 Å². The first kappa shape index (κ1) is 20.3. The van der Waals surface area contributed by atoms with Crippen LogP contribution in [0.1, 0.15) is 25.0 Å². The number of carbonyl (C=O) groups excluding carboxylic acids is 1. The van der Waals surface area contributed by atoms with Crippen molar-refractivity contribution in [1.82, 2.24) is 14.9 Å². The van der Waals surface area contributed by atoms with Gasteiger partial charge in [-0.2, -0.15) is 4.98 Å². The minimum atomic E-state index is -0.0953. The lowest BCUT2D eigenvalue weighted by molar-refractivity contribution is 0.208. The van der Waals surface area contributed by atoms with Gasteiger partial charge < -0.3 is 24.8 Å². The molecule has 0 unspecified atom stereocenters. The molecule has 0 spiro atoms. The van der Waals surface area contributed by atoms with Crippen LogP contribution in [-0.2, 0) is 0 Å². The molecule has 2 aliphatic rings. The average molecular weight is 411 g/mol. The van der Waals surface area contributed by atoms with Gasteiger partial charge in [-0.25, -0.2) is 9.78 Å². The number of piperidine rings is 1.